The first kappa shape index (κ1) is 21.1. The highest BCUT2D eigenvalue weighted by atomic mass is 32.1. The number of likely N-dealkylation sites (N-methyl/N-ethyl adjacent to an activating group) is 1. The van der Waals surface area contributed by atoms with Gasteiger partial charge in [0, 0.05) is 11.4 Å². The molecule has 2 atom stereocenters. The zero-order chi connectivity index (χ0) is 19.8. The fraction of sp³-hybridized carbons (Fsp3) is 0.429. The van der Waals surface area contributed by atoms with E-state index in [2.05, 4.69) is 21.6 Å². The molecule has 146 valence electrons. The van der Waals surface area contributed by atoms with E-state index in [1.165, 1.54) is 4.88 Å². The van der Waals surface area contributed by atoms with Gasteiger partial charge < -0.3 is 15.5 Å². The van der Waals surface area contributed by atoms with Crippen LogP contribution in [0.4, 0.5) is 0 Å². The monoisotopic (exact) mass is 387 g/mol. The SMILES string of the molecule is CC(C)C(NC(=O)Cc1ccccc1)C(=O)NCC(c1cccs1)N(C)C. The topological polar surface area (TPSA) is 61.4 Å². The number of carbonyl (C=O) groups is 2. The third kappa shape index (κ3) is 6.48. The number of nitrogens with one attached hydrogen (secondary N) is 2. The highest BCUT2D eigenvalue weighted by Crippen LogP contribution is 2.22. The van der Waals surface area contributed by atoms with Crippen LogP contribution in [0.25, 0.3) is 0 Å². The zero-order valence-corrected chi connectivity index (χ0v) is 17.3. The number of carbonyl (C=O) groups excluding carboxylic acids is 2. The van der Waals surface area contributed by atoms with E-state index < -0.39 is 6.04 Å². The Balaban J connectivity index is 1.94. The Hall–Kier alpha value is -2.18. The van der Waals surface area contributed by atoms with E-state index in [-0.39, 0.29) is 30.2 Å². The van der Waals surface area contributed by atoms with Gasteiger partial charge in [-0.05, 0) is 37.0 Å². The predicted octanol–water partition coefficient (Wildman–Crippen LogP) is 2.85. The molecule has 2 rings (SSSR count). The Morgan fingerprint density at radius 1 is 1.07 bits per heavy atom. The molecule has 0 spiro atoms. The second-order valence-corrected chi connectivity index (χ2v) is 8.17. The van der Waals surface area contributed by atoms with Gasteiger partial charge in [0.15, 0.2) is 0 Å². The van der Waals surface area contributed by atoms with Gasteiger partial charge in [-0.25, -0.2) is 0 Å². The van der Waals surface area contributed by atoms with Gasteiger partial charge in [-0.15, -0.1) is 11.3 Å². The summed E-state index contributed by atoms with van der Waals surface area (Å²) < 4.78 is 0. The molecule has 0 aliphatic carbocycles. The fourth-order valence-electron chi connectivity index (χ4n) is 2.87. The average Bonchev–Trinajstić information content (AvgIpc) is 3.14. The van der Waals surface area contributed by atoms with Crippen LogP contribution in [0.2, 0.25) is 0 Å². The highest BCUT2D eigenvalue weighted by molar-refractivity contribution is 7.10. The molecule has 2 amide bonds. The number of hydrogen-bond donors (Lipinski definition) is 2. The van der Waals surface area contributed by atoms with Gasteiger partial charge in [-0.3, -0.25) is 9.59 Å². The molecule has 0 saturated carbocycles. The van der Waals surface area contributed by atoms with Crippen LogP contribution in [-0.2, 0) is 16.0 Å². The van der Waals surface area contributed by atoms with Gasteiger partial charge in [0.2, 0.25) is 11.8 Å². The first-order chi connectivity index (χ1) is 12.9. The molecule has 0 bridgehead atoms. The van der Waals surface area contributed by atoms with E-state index in [4.69, 9.17) is 0 Å². The first-order valence-corrected chi connectivity index (χ1v) is 10.1. The van der Waals surface area contributed by atoms with Crippen molar-refractivity contribution in [2.75, 3.05) is 20.6 Å². The third-order valence-electron chi connectivity index (χ3n) is 4.44. The molecule has 0 aliphatic rings. The van der Waals surface area contributed by atoms with Gasteiger partial charge in [0.25, 0.3) is 0 Å². The molecule has 1 heterocycles. The van der Waals surface area contributed by atoms with E-state index in [1.54, 1.807) is 11.3 Å². The Kier molecular flexibility index (Phi) is 8.00. The summed E-state index contributed by atoms with van der Waals surface area (Å²) in [6, 6.07) is 13.2. The zero-order valence-electron chi connectivity index (χ0n) is 16.4. The molecule has 2 unspecified atom stereocenters. The number of hydrogen-bond acceptors (Lipinski definition) is 4. The van der Waals surface area contributed by atoms with Crippen molar-refractivity contribution in [3.8, 4) is 0 Å². The molecule has 0 fully saturated rings. The minimum absolute atomic E-state index is 0.00395. The lowest BCUT2D eigenvalue weighted by molar-refractivity contribution is -0.129. The van der Waals surface area contributed by atoms with Gasteiger partial charge >= 0.3 is 0 Å². The maximum atomic E-state index is 12.7. The Bertz CT molecular complexity index is 714. The van der Waals surface area contributed by atoms with Gasteiger partial charge in [-0.1, -0.05) is 50.2 Å². The Morgan fingerprint density at radius 3 is 2.33 bits per heavy atom. The Labute approximate surface area is 165 Å². The van der Waals surface area contributed by atoms with Gasteiger partial charge in [0.1, 0.15) is 6.04 Å². The average molecular weight is 388 g/mol. The lowest BCUT2D eigenvalue weighted by atomic mass is 10.0. The molecule has 27 heavy (non-hydrogen) atoms. The quantitative estimate of drug-likeness (QED) is 0.696. The molecule has 6 heteroatoms. The van der Waals surface area contributed by atoms with Gasteiger partial charge in [-0.2, -0.15) is 0 Å². The minimum Gasteiger partial charge on any atom is -0.352 e. The molecule has 0 radical (unpaired) electrons. The van der Waals surface area contributed by atoms with Crippen LogP contribution in [0.1, 0.15) is 30.3 Å². The summed E-state index contributed by atoms with van der Waals surface area (Å²) >= 11 is 1.67. The summed E-state index contributed by atoms with van der Waals surface area (Å²) in [5.41, 5.74) is 0.934. The van der Waals surface area contributed by atoms with Crippen molar-refractivity contribution < 1.29 is 9.59 Å². The predicted molar refractivity (Wildman–Crippen MR) is 111 cm³/mol. The molecular formula is C21H29N3O2S. The van der Waals surface area contributed by atoms with E-state index >= 15 is 0 Å². The molecule has 2 N–H and O–H groups in total. The standard InChI is InChI=1S/C21H29N3O2S/c1-15(2)20(23-19(25)13-16-9-6-5-7-10-16)21(26)22-14-17(24(3)4)18-11-8-12-27-18/h5-12,15,17,20H,13-14H2,1-4H3,(H,22,26)(H,23,25). The van der Waals surface area contributed by atoms with E-state index in [0.717, 1.165) is 5.56 Å². The van der Waals surface area contributed by atoms with Crippen LogP contribution in [-0.4, -0.2) is 43.4 Å². The van der Waals surface area contributed by atoms with Crippen molar-refractivity contribution in [1.29, 1.82) is 0 Å². The van der Waals surface area contributed by atoms with Crippen LogP contribution in [0.3, 0.4) is 0 Å². The summed E-state index contributed by atoms with van der Waals surface area (Å²) in [7, 11) is 4.00. The molecule has 5 nitrogen and oxygen atoms in total. The van der Waals surface area contributed by atoms with E-state index in [9.17, 15) is 9.59 Å². The number of rotatable bonds is 9. The maximum absolute atomic E-state index is 12.7. The lowest BCUT2D eigenvalue weighted by Gasteiger charge is -2.26. The smallest absolute Gasteiger partial charge is 0.242 e. The molecule has 0 saturated heterocycles. The van der Waals surface area contributed by atoms with Crippen molar-refractivity contribution in [2.45, 2.75) is 32.4 Å². The first-order valence-electron chi connectivity index (χ1n) is 9.19. The van der Waals surface area contributed by atoms with Crippen molar-refractivity contribution in [3.63, 3.8) is 0 Å². The fourth-order valence-corrected chi connectivity index (χ4v) is 3.79. The van der Waals surface area contributed by atoms with Crippen molar-refractivity contribution in [3.05, 3.63) is 58.3 Å². The minimum atomic E-state index is -0.549. The third-order valence-corrected chi connectivity index (χ3v) is 5.41. The number of thiophene rings is 1. The van der Waals surface area contributed by atoms with Crippen molar-refractivity contribution in [2.24, 2.45) is 5.92 Å². The summed E-state index contributed by atoms with van der Waals surface area (Å²) in [6.07, 6.45) is 0.271. The van der Waals surface area contributed by atoms with E-state index in [0.29, 0.717) is 6.54 Å². The molecule has 1 aromatic heterocycles. The molecule has 0 aliphatic heterocycles. The highest BCUT2D eigenvalue weighted by Gasteiger charge is 2.25. The van der Waals surface area contributed by atoms with Crippen LogP contribution < -0.4 is 10.6 Å². The van der Waals surface area contributed by atoms with Crippen molar-refractivity contribution in [1.82, 2.24) is 15.5 Å². The number of nitrogens with zero attached hydrogens (tertiary/aromatic N) is 1. The van der Waals surface area contributed by atoms with E-state index in [1.807, 2.05) is 69.7 Å². The Morgan fingerprint density at radius 2 is 1.78 bits per heavy atom. The summed E-state index contributed by atoms with van der Waals surface area (Å²) in [5, 5.41) is 7.94. The molecular weight excluding hydrogens is 358 g/mol. The van der Waals surface area contributed by atoms with Crippen LogP contribution in [0.15, 0.2) is 47.8 Å². The van der Waals surface area contributed by atoms with Crippen molar-refractivity contribution >= 4 is 23.2 Å². The number of benzene rings is 1. The van der Waals surface area contributed by atoms with Gasteiger partial charge in [0.05, 0.1) is 12.5 Å². The summed E-state index contributed by atoms with van der Waals surface area (Å²) in [6.45, 7) is 4.38. The lowest BCUT2D eigenvalue weighted by Crippen LogP contribution is -2.51. The van der Waals surface area contributed by atoms with Crippen LogP contribution in [0.5, 0.6) is 0 Å². The maximum Gasteiger partial charge on any atom is 0.242 e. The largest absolute Gasteiger partial charge is 0.352 e. The van der Waals surface area contributed by atoms with Crippen LogP contribution >= 0.6 is 11.3 Å². The number of amides is 2. The normalized spacial score (nSPS) is 13.4. The van der Waals surface area contributed by atoms with Crippen LogP contribution in [0, 0.1) is 5.92 Å². The molecule has 1 aromatic carbocycles. The molecule has 2 aromatic rings. The second kappa shape index (κ2) is 10.2. The summed E-state index contributed by atoms with van der Waals surface area (Å²) in [5.74, 6) is -0.281. The summed E-state index contributed by atoms with van der Waals surface area (Å²) in [4.78, 5) is 28.4. The second-order valence-electron chi connectivity index (χ2n) is 7.19.